The Kier molecular flexibility index (Phi) is 2.56. The Balaban J connectivity index is 2.00. The molecule has 1 aliphatic carbocycles. The van der Waals surface area contributed by atoms with Crippen LogP contribution in [-0.4, -0.2) is 26.9 Å². The molecule has 1 saturated carbocycles. The quantitative estimate of drug-likeness (QED) is 0.809. The maximum atomic E-state index is 9.58. The van der Waals surface area contributed by atoms with Crippen LogP contribution in [0, 0.1) is 6.92 Å². The number of aromatic nitrogens is 2. The number of hydrogen-bond acceptors (Lipinski definition) is 4. The monoisotopic (exact) mass is 227 g/mol. The highest BCUT2D eigenvalue weighted by Crippen LogP contribution is 2.33. The Labute approximate surface area is 93.7 Å². The third-order valence-electron chi connectivity index (χ3n) is 2.67. The number of aliphatic hydroxyl groups is 1. The first-order valence-electron chi connectivity index (χ1n) is 4.95. The summed E-state index contributed by atoms with van der Waals surface area (Å²) in [5.41, 5.74) is 0.451. The molecule has 1 heterocycles. The fourth-order valence-electron chi connectivity index (χ4n) is 1.89. The summed E-state index contributed by atoms with van der Waals surface area (Å²) in [6, 6.07) is 2.06. The molecule has 1 aliphatic rings. The number of nitrogens with one attached hydrogen (secondary N) is 1. The molecule has 1 aromatic rings. The van der Waals surface area contributed by atoms with Crippen LogP contribution < -0.4 is 5.32 Å². The molecule has 82 valence electrons. The number of hydrogen-bond donors (Lipinski definition) is 2. The molecule has 4 nitrogen and oxygen atoms in total. The second-order valence-electron chi connectivity index (χ2n) is 4.45. The molecule has 0 spiro atoms. The van der Waals surface area contributed by atoms with Crippen LogP contribution in [0.5, 0.6) is 0 Å². The van der Waals surface area contributed by atoms with Crippen LogP contribution in [0.1, 0.15) is 25.3 Å². The molecule has 15 heavy (non-hydrogen) atoms. The van der Waals surface area contributed by atoms with Gasteiger partial charge >= 0.3 is 0 Å². The lowest BCUT2D eigenvalue weighted by molar-refractivity contribution is -0.0235. The van der Waals surface area contributed by atoms with Crippen molar-refractivity contribution >= 4 is 17.4 Å². The van der Waals surface area contributed by atoms with Gasteiger partial charge in [-0.3, -0.25) is 0 Å². The van der Waals surface area contributed by atoms with Crippen LogP contribution >= 0.6 is 11.6 Å². The second-order valence-corrected chi connectivity index (χ2v) is 4.83. The normalized spacial score (nSPS) is 29.7. The van der Waals surface area contributed by atoms with E-state index in [1.807, 2.05) is 13.8 Å². The van der Waals surface area contributed by atoms with E-state index < -0.39 is 5.60 Å². The Bertz CT molecular complexity index is 373. The van der Waals surface area contributed by atoms with Crippen molar-refractivity contribution < 1.29 is 5.11 Å². The molecule has 1 fully saturated rings. The molecule has 0 atom stereocenters. The van der Waals surface area contributed by atoms with Crippen LogP contribution in [0.2, 0.25) is 5.15 Å². The SMILES string of the molecule is Cc1cc(Cl)nnc1N[C@H]1C[C@@](C)(O)C1. The van der Waals surface area contributed by atoms with Crippen molar-refractivity contribution in [2.24, 2.45) is 0 Å². The first kappa shape index (κ1) is 10.6. The highest BCUT2D eigenvalue weighted by Gasteiger charge is 2.38. The minimum Gasteiger partial charge on any atom is -0.390 e. The summed E-state index contributed by atoms with van der Waals surface area (Å²) in [5.74, 6) is 0.750. The van der Waals surface area contributed by atoms with E-state index in [9.17, 15) is 5.11 Å². The molecular formula is C10H14ClN3O. The van der Waals surface area contributed by atoms with Crippen molar-refractivity contribution in [1.29, 1.82) is 0 Å². The molecule has 0 amide bonds. The molecule has 0 radical (unpaired) electrons. The van der Waals surface area contributed by atoms with Crippen LogP contribution in [0.3, 0.4) is 0 Å². The standard InChI is InChI=1S/C10H14ClN3O/c1-6-3-8(11)13-14-9(6)12-7-4-10(2,15)5-7/h3,7,15H,4-5H2,1-2H3,(H,12,14)/t7-,10+. The average Bonchev–Trinajstić information content (AvgIpc) is 2.06. The predicted octanol–water partition coefficient (Wildman–Crippen LogP) is 1.76. The van der Waals surface area contributed by atoms with E-state index in [4.69, 9.17) is 11.6 Å². The summed E-state index contributed by atoms with van der Waals surface area (Å²) >= 11 is 5.71. The van der Waals surface area contributed by atoms with Crippen molar-refractivity contribution in [1.82, 2.24) is 10.2 Å². The highest BCUT2D eigenvalue weighted by atomic mass is 35.5. The summed E-state index contributed by atoms with van der Waals surface area (Å²) in [6.07, 6.45) is 1.49. The highest BCUT2D eigenvalue weighted by molar-refractivity contribution is 6.29. The maximum absolute atomic E-state index is 9.58. The zero-order valence-corrected chi connectivity index (χ0v) is 9.54. The summed E-state index contributed by atoms with van der Waals surface area (Å²) in [7, 11) is 0. The Morgan fingerprint density at radius 1 is 1.53 bits per heavy atom. The third kappa shape index (κ3) is 2.38. The van der Waals surface area contributed by atoms with Crippen LogP contribution in [0.25, 0.3) is 0 Å². The van der Waals surface area contributed by atoms with Crippen LogP contribution in [-0.2, 0) is 0 Å². The first-order valence-corrected chi connectivity index (χ1v) is 5.33. The number of halogens is 1. The summed E-state index contributed by atoms with van der Waals surface area (Å²) in [6.45, 7) is 3.77. The number of aryl methyl sites for hydroxylation is 1. The lowest BCUT2D eigenvalue weighted by Gasteiger charge is -2.41. The third-order valence-corrected chi connectivity index (χ3v) is 2.85. The van der Waals surface area contributed by atoms with Gasteiger partial charge in [0.15, 0.2) is 11.0 Å². The molecule has 0 aliphatic heterocycles. The topological polar surface area (TPSA) is 58.0 Å². The van der Waals surface area contributed by atoms with E-state index in [2.05, 4.69) is 15.5 Å². The Hall–Kier alpha value is -0.870. The van der Waals surface area contributed by atoms with E-state index in [0.29, 0.717) is 5.15 Å². The number of rotatable bonds is 2. The van der Waals surface area contributed by atoms with Crippen LogP contribution in [0.15, 0.2) is 6.07 Å². The van der Waals surface area contributed by atoms with Crippen molar-refractivity contribution in [2.45, 2.75) is 38.3 Å². The molecule has 5 heteroatoms. The first-order chi connectivity index (χ1) is 6.96. The molecule has 2 rings (SSSR count). The van der Waals surface area contributed by atoms with Gasteiger partial charge in [0.2, 0.25) is 0 Å². The van der Waals surface area contributed by atoms with Gasteiger partial charge in [0.05, 0.1) is 5.60 Å². The fraction of sp³-hybridized carbons (Fsp3) is 0.600. The largest absolute Gasteiger partial charge is 0.390 e. The Morgan fingerprint density at radius 2 is 2.20 bits per heavy atom. The molecule has 0 unspecified atom stereocenters. The minimum atomic E-state index is -0.522. The minimum absolute atomic E-state index is 0.286. The van der Waals surface area contributed by atoms with E-state index in [1.54, 1.807) is 6.07 Å². The summed E-state index contributed by atoms with van der Waals surface area (Å²) < 4.78 is 0. The zero-order chi connectivity index (χ0) is 11.1. The molecule has 0 aromatic carbocycles. The Morgan fingerprint density at radius 3 is 2.73 bits per heavy atom. The second kappa shape index (κ2) is 3.61. The van der Waals surface area contributed by atoms with Crippen molar-refractivity contribution in [3.8, 4) is 0 Å². The van der Waals surface area contributed by atoms with Gasteiger partial charge in [0.1, 0.15) is 0 Å². The van der Waals surface area contributed by atoms with Crippen molar-refractivity contribution in [3.63, 3.8) is 0 Å². The lowest BCUT2D eigenvalue weighted by Crippen LogP contribution is -2.48. The van der Waals surface area contributed by atoms with E-state index in [1.165, 1.54) is 0 Å². The van der Waals surface area contributed by atoms with E-state index in [-0.39, 0.29) is 6.04 Å². The van der Waals surface area contributed by atoms with Crippen molar-refractivity contribution in [2.75, 3.05) is 5.32 Å². The lowest BCUT2D eigenvalue weighted by atomic mass is 9.77. The molecule has 0 saturated heterocycles. The molecule has 2 N–H and O–H groups in total. The van der Waals surface area contributed by atoms with Gasteiger partial charge in [-0.1, -0.05) is 11.6 Å². The summed E-state index contributed by atoms with van der Waals surface area (Å²) in [5, 5.41) is 21.0. The van der Waals surface area contributed by atoms with Gasteiger partial charge in [0.25, 0.3) is 0 Å². The van der Waals surface area contributed by atoms with E-state index in [0.717, 1.165) is 24.2 Å². The van der Waals surface area contributed by atoms with E-state index >= 15 is 0 Å². The van der Waals surface area contributed by atoms with Gasteiger partial charge in [-0.25, -0.2) is 0 Å². The average molecular weight is 228 g/mol. The number of anilines is 1. The molecular weight excluding hydrogens is 214 g/mol. The zero-order valence-electron chi connectivity index (χ0n) is 8.79. The smallest absolute Gasteiger partial charge is 0.152 e. The maximum Gasteiger partial charge on any atom is 0.152 e. The fourth-order valence-corrected chi connectivity index (χ4v) is 2.09. The molecule has 0 bridgehead atoms. The number of nitrogens with zero attached hydrogens (tertiary/aromatic N) is 2. The van der Waals surface area contributed by atoms with Crippen molar-refractivity contribution in [3.05, 3.63) is 16.8 Å². The van der Waals surface area contributed by atoms with Crippen LogP contribution in [0.4, 0.5) is 5.82 Å². The summed E-state index contributed by atoms with van der Waals surface area (Å²) in [4.78, 5) is 0. The van der Waals surface area contributed by atoms with Gasteiger partial charge in [0, 0.05) is 6.04 Å². The van der Waals surface area contributed by atoms with Gasteiger partial charge < -0.3 is 10.4 Å². The molecule has 1 aromatic heterocycles. The van der Waals surface area contributed by atoms with Gasteiger partial charge in [-0.2, -0.15) is 0 Å². The van der Waals surface area contributed by atoms with Gasteiger partial charge in [-0.05, 0) is 38.3 Å². The predicted molar refractivity (Wildman–Crippen MR) is 59.0 cm³/mol. The van der Waals surface area contributed by atoms with Gasteiger partial charge in [-0.15, -0.1) is 10.2 Å².